The first-order chi connectivity index (χ1) is 9.77. The molecule has 1 rings (SSSR count). The second-order valence-corrected chi connectivity index (χ2v) is 6.71. The van der Waals surface area contributed by atoms with Crippen LogP contribution in [0.25, 0.3) is 0 Å². The molecule has 0 aromatic heterocycles. The van der Waals surface area contributed by atoms with Crippen LogP contribution in [0, 0.1) is 0 Å². The van der Waals surface area contributed by atoms with E-state index in [0.717, 1.165) is 42.3 Å². The molecular weight excluding hydrogens is 268 g/mol. The van der Waals surface area contributed by atoms with E-state index < -0.39 is 10.8 Å². The van der Waals surface area contributed by atoms with Crippen molar-refractivity contribution in [1.82, 2.24) is 0 Å². The molecule has 1 unspecified atom stereocenters. The lowest BCUT2D eigenvalue weighted by Gasteiger charge is -2.07. The molecule has 0 N–H and O–H groups in total. The fourth-order valence-corrected chi connectivity index (χ4v) is 3.15. The summed E-state index contributed by atoms with van der Waals surface area (Å²) in [5.41, 5.74) is 0. The molecule has 1 atom stereocenters. The zero-order valence-electron chi connectivity index (χ0n) is 12.9. The summed E-state index contributed by atoms with van der Waals surface area (Å²) in [6, 6.07) is 7.74. The largest absolute Gasteiger partial charge is 0.494 e. The fourth-order valence-electron chi connectivity index (χ4n) is 2.01. The first-order valence-corrected chi connectivity index (χ1v) is 9.21. The smallest absolute Gasteiger partial charge is 0.119 e. The molecule has 3 heteroatoms. The van der Waals surface area contributed by atoms with E-state index in [-0.39, 0.29) is 0 Å². The van der Waals surface area contributed by atoms with Crippen molar-refractivity contribution in [2.45, 2.75) is 63.7 Å². The van der Waals surface area contributed by atoms with Crippen LogP contribution in [0.15, 0.2) is 29.2 Å². The Labute approximate surface area is 126 Å². The molecule has 20 heavy (non-hydrogen) atoms. The van der Waals surface area contributed by atoms with Gasteiger partial charge in [-0.2, -0.15) is 0 Å². The SMILES string of the molecule is CCCCCCOc1ccc(S(=O)CCCCC)cc1. The predicted octanol–water partition coefficient (Wildman–Crippen LogP) is 4.94. The summed E-state index contributed by atoms with van der Waals surface area (Å²) in [6.45, 7) is 5.15. The predicted molar refractivity (Wildman–Crippen MR) is 86.9 cm³/mol. The van der Waals surface area contributed by atoms with Gasteiger partial charge in [-0.05, 0) is 37.1 Å². The van der Waals surface area contributed by atoms with Crippen molar-refractivity contribution in [2.75, 3.05) is 12.4 Å². The molecule has 114 valence electrons. The van der Waals surface area contributed by atoms with Crippen molar-refractivity contribution in [3.63, 3.8) is 0 Å². The lowest BCUT2D eigenvalue weighted by Crippen LogP contribution is -2.00. The summed E-state index contributed by atoms with van der Waals surface area (Å²) in [4.78, 5) is 0.916. The molecule has 1 aromatic rings. The number of hydrogen-bond acceptors (Lipinski definition) is 2. The molecule has 1 aromatic carbocycles. The molecule has 0 fully saturated rings. The normalized spacial score (nSPS) is 12.3. The van der Waals surface area contributed by atoms with Gasteiger partial charge in [0.05, 0.1) is 17.4 Å². The third kappa shape index (κ3) is 7.09. The zero-order valence-corrected chi connectivity index (χ0v) is 13.7. The van der Waals surface area contributed by atoms with Gasteiger partial charge >= 0.3 is 0 Å². The van der Waals surface area contributed by atoms with E-state index in [1.807, 2.05) is 24.3 Å². The maximum absolute atomic E-state index is 12.0. The highest BCUT2D eigenvalue weighted by molar-refractivity contribution is 7.85. The lowest BCUT2D eigenvalue weighted by atomic mass is 10.2. The summed E-state index contributed by atoms with van der Waals surface area (Å²) in [7, 11) is -0.859. The van der Waals surface area contributed by atoms with Crippen molar-refractivity contribution in [3.05, 3.63) is 24.3 Å². The number of unbranched alkanes of at least 4 members (excludes halogenated alkanes) is 5. The monoisotopic (exact) mass is 296 g/mol. The van der Waals surface area contributed by atoms with E-state index in [0.29, 0.717) is 0 Å². The minimum Gasteiger partial charge on any atom is -0.494 e. The zero-order chi connectivity index (χ0) is 14.6. The first-order valence-electron chi connectivity index (χ1n) is 7.89. The molecular formula is C17H28O2S. The van der Waals surface area contributed by atoms with Gasteiger partial charge in [0.25, 0.3) is 0 Å². The van der Waals surface area contributed by atoms with Crippen molar-refractivity contribution in [1.29, 1.82) is 0 Å². The molecule has 0 aliphatic rings. The van der Waals surface area contributed by atoms with E-state index in [4.69, 9.17) is 4.74 Å². The summed E-state index contributed by atoms with van der Waals surface area (Å²) < 4.78 is 17.7. The van der Waals surface area contributed by atoms with Crippen LogP contribution in [0.2, 0.25) is 0 Å². The van der Waals surface area contributed by atoms with Gasteiger partial charge in [-0.15, -0.1) is 0 Å². The molecule has 0 heterocycles. The Hall–Kier alpha value is -0.830. The van der Waals surface area contributed by atoms with E-state index in [9.17, 15) is 4.21 Å². The highest BCUT2D eigenvalue weighted by Gasteiger charge is 2.03. The minimum atomic E-state index is -0.859. The first kappa shape index (κ1) is 17.2. The highest BCUT2D eigenvalue weighted by atomic mass is 32.2. The summed E-state index contributed by atoms with van der Waals surface area (Å²) >= 11 is 0. The third-order valence-corrected chi connectivity index (χ3v) is 4.74. The van der Waals surface area contributed by atoms with Gasteiger partial charge in [0.1, 0.15) is 5.75 Å². The average Bonchev–Trinajstić information content (AvgIpc) is 2.48. The van der Waals surface area contributed by atoms with Crippen LogP contribution in [-0.2, 0) is 10.8 Å². The Morgan fingerprint density at radius 3 is 2.20 bits per heavy atom. The Bertz CT molecular complexity index is 373. The Balaban J connectivity index is 2.30. The maximum Gasteiger partial charge on any atom is 0.119 e. The van der Waals surface area contributed by atoms with Crippen molar-refractivity contribution in [3.8, 4) is 5.75 Å². The molecule has 0 aliphatic heterocycles. The van der Waals surface area contributed by atoms with Gasteiger partial charge in [-0.25, -0.2) is 0 Å². The molecule has 0 bridgehead atoms. The standard InChI is InChI=1S/C17H28O2S/c1-3-5-7-8-14-19-16-10-12-17(13-11-16)20(18)15-9-6-4-2/h10-13H,3-9,14-15H2,1-2H3. The summed E-state index contributed by atoms with van der Waals surface area (Å²) in [5, 5.41) is 0. The van der Waals surface area contributed by atoms with Gasteiger partial charge in [-0.3, -0.25) is 4.21 Å². The van der Waals surface area contributed by atoms with Crippen LogP contribution in [0.4, 0.5) is 0 Å². The molecule has 0 saturated heterocycles. The van der Waals surface area contributed by atoms with Gasteiger partial charge in [0.15, 0.2) is 0 Å². The lowest BCUT2D eigenvalue weighted by molar-refractivity contribution is 0.305. The molecule has 0 amide bonds. The van der Waals surface area contributed by atoms with E-state index >= 15 is 0 Å². The van der Waals surface area contributed by atoms with Gasteiger partial charge < -0.3 is 4.74 Å². The topological polar surface area (TPSA) is 26.3 Å². The quantitative estimate of drug-likeness (QED) is 0.540. The fraction of sp³-hybridized carbons (Fsp3) is 0.647. The number of rotatable bonds is 11. The van der Waals surface area contributed by atoms with Crippen LogP contribution in [0.5, 0.6) is 5.75 Å². The van der Waals surface area contributed by atoms with Crippen LogP contribution >= 0.6 is 0 Å². The Morgan fingerprint density at radius 2 is 1.55 bits per heavy atom. The number of ether oxygens (including phenoxy) is 1. The van der Waals surface area contributed by atoms with Crippen molar-refractivity contribution >= 4 is 10.8 Å². The second kappa shape index (κ2) is 10.9. The average molecular weight is 296 g/mol. The van der Waals surface area contributed by atoms with Crippen LogP contribution in [-0.4, -0.2) is 16.6 Å². The molecule has 2 nitrogen and oxygen atoms in total. The third-order valence-electron chi connectivity index (χ3n) is 3.29. The Kier molecular flexibility index (Phi) is 9.38. The van der Waals surface area contributed by atoms with Gasteiger partial charge in [0.2, 0.25) is 0 Å². The summed E-state index contributed by atoms with van der Waals surface area (Å²) in [6.07, 6.45) is 8.23. The summed E-state index contributed by atoms with van der Waals surface area (Å²) in [5.74, 6) is 1.65. The van der Waals surface area contributed by atoms with E-state index in [2.05, 4.69) is 13.8 Å². The van der Waals surface area contributed by atoms with Crippen LogP contribution in [0.3, 0.4) is 0 Å². The van der Waals surface area contributed by atoms with Crippen LogP contribution in [0.1, 0.15) is 58.8 Å². The number of hydrogen-bond donors (Lipinski definition) is 0. The molecule has 0 radical (unpaired) electrons. The van der Waals surface area contributed by atoms with Gasteiger partial charge in [-0.1, -0.05) is 46.0 Å². The highest BCUT2D eigenvalue weighted by Crippen LogP contribution is 2.16. The molecule has 0 aliphatic carbocycles. The van der Waals surface area contributed by atoms with Crippen molar-refractivity contribution in [2.24, 2.45) is 0 Å². The molecule has 0 spiro atoms. The minimum absolute atomic E-state index is 0.769. The molecule has 0 saturated carbocycles. The maximum atomic E-state index is 12.0. The number of benzene rings is 1. The van der Waals surface area contributed by atoms with E-state index in [1.165, 1.54) is 25.7 Å². The second-order valence-electron chi connectivity index (χ2n) is 5.14. The Morgan fingerprint density at radius 1 is 0.900 bits per heavy atom. The van der Waals surface area contributed by atoms with Crippen LogP contribution < -0.4 is 4.74 Å². The van der Waals surface area contributed by atoms with Gasteiger partial charge in [0, 0.05) is 10.6 Å². The van der Waals surface area contributed by atoms with Crippen molar-refractivity contribution < 1.29 is 8.95 Å². The van der Waals surface area contributed by atoms with E-state index in [1.54, 1.807) is 0 Å².